The van der Waals surface area contributed by atoms with E-state index in [9.17, 15) is 13.6 Å². The molecule has 1 nitrogen and oxygen atoms in total. The molecule has 0 spiro atoms. The van der Waals surface area contributed by atoms with Gasteiger partial charge >= 0.3 is 0 Å². The third kappa shape index (κ3) is 1.43. The van der Waals surface area contributed by atoms with Gasteiger partial charge < -0.3 is 0 Å². The van der Waals surface area contributed by atoms with Crippen LogP contribution in [0.4, 0.5) is 8.78 Å². The van der Waals surface area contributed by atoms with E-state index in [0.29, 0.717) is 0 Å². The van der Waals surface area contributed by atoms with Crippen LogP contribution in [0.5, 0.6) is 0 Å². The lowest BCUT2D eigenvalue weighted by Gasteiger charge is -2.15. The number of alkyl halides is 2. The summed E-state index contributed by atoms with van der Waals surface area (Å²) >= 11 is 0. The van der Waals surface area contributed by atoms with E-state index >= 15 is 0 Å². The van der Waals surface area contributed by atoms with Crippen molar-refractivity contribution in [2.45, 2.75) is 25.2 Å². The summed E-state index contributed by atoms with van der Waals surface area (Å²) in [5.41, 5.74) is 0.0810. The maximum Gasteiger partial charge on any atom is 0.273 e. The molecule has 0 atom stereocenters. The third-order valence-electron chi connectivity index (χ3n) is 2.52. The number of hydrogen-bond acceptors (Lipinski definition) is 1. The fourth-order valence-corrected chi connectivity index (χ4v) is 1.79. The highest BCUT2D eigenvalue weighted by atomic mass is 19.3. The standard InChI is InChI=1S/C11H10F2O/c12-11(13)7-3-6-10(14)8-4-1-2-5-9(8)11/h1-2,4-5H,3,6-7H2. The molecule has 1 aromatic rings. The van der Waals surface area contributed by atoms with Crippen LogP contribution in [0.2, 0.25) is 0 Å². The highest BCUT2D eigenvalue weighted by Gasteiger charge is 2.36. The summed E-state index contributed by atoms with van der Waals surface area (Å²) in [4.78, 5) is 11.5. The molecule has 0 aliphatic heterocycles. The van der Waals surface area contributed by atoms with Gasteiger partial charge in [0.25, 0.3) is 5.92 Å². The first-order valence-electron chi connectivity index (χ1n) is 4.62. The number of carbonyl (C=O) groups is 1. The summed E-state index contributed by atoms with van der Waals surface area (Å²) in [6.07, 6.45) is 0.267. The number of Topliss-reactive ketones (excluding diaryl/α,β-unsaturated/α-hetero) is 1. The highest BCUT2D eigenvalue weighted by Crippen LogP contribution is 2.38. The second kappa shape index (κ2) is 3.15. The summed E-state index contributed by atoms with van der Waals surface area (Å²) in [5, 5.41) is 0. The van der Waals surface area contributed by atoms with Crippen molar-refractivity contribution < 1.29 is 13.6 Å². The number of carbonyl (C=O) groups excluding carboxylic acids is 1. The Bertz CT molecular complexity index is 371. The zero-order valence-corrected chi connectivity index (χ0v) is 7.59. The summed E-state index contributed by atoms with van der Waals surface area (Å²) in [6.45, 7) is 0. The molecule has 0 radical (unpaired) electrons. The average molecular weight is 196 g/mol. The summed E-state index contributed by atoms with van der Waals surface area (Å²) < 4.78 is 27.0. The molecule has 0 aromatic heterocycles. The molecule has 0 N–H and O–H groups in total. The number of rotatable bonds is 0. The smallest absolute Gasteiger partial charge is 0.273 e. The number of benzene rings is 1. The van der Waals surface area contributed by atoms with Crippen LogP contribution in [0.25, 0.3) is 0 Å². The molecule has 0 fully saturated rings. The molecule has 1 aliphatic carbocycles. The van der Waals surface area contributed by atoms with Crippen molar-refractivity contribution in [2.75, 3.05) is 0 Å². The van der Waals surface area contributed by atoms with Crippen molar-refractivity contribution in [1.82, 2.24) is 0 Å². The van der Waals surface area contributed by atoms with Gasteiger partial charge in [0.2, 0.25) is 0 Å². The van der Waals surface area contributed by atoms with Crippen molar-refractivity contribution in [3.8, 4) is 0 Å². The van der Waals surface area contributed by atoms with E-state index in [-0.39, 0.29) is 36.2 Å². The molecule has 0 amide bonds. The zero-order valence-electron chi connectivity index (χ0n) is 7.59. The van der Waals surface area contributed by atoms with Crippen LogP contribution in [-0.4, -0.2) is 5.78 Å². The van der Waals surface area contributed by atoms with Crippen molar-refractivity contribution in [3.05, 3.63) is 35.4 Å². The minimum absolute atomic E-state index is 0.109. The monoisotopic (exact) mass is 196 g/mol. The molecule has 0 bridgehead atoms. The lowest BCUT2D eigenvalue weighted by molar-refractivity contribution is -0.0136. The molecule has 2 rings (SSSR count). The van der Waals surface area contributed by atoms with Crippen LogP contribution < -0.4 is 0 Å². The van der Waals surface area contributed by atoms with Gasteiger partial charge in [-0.25, -0.2) is 8.78 Å². The first-order valence-corrected chi connectivity index (χ1v) is 4.62. The summed E-state index contributed by atoms with van der Waals surface area (Å²) in [7, 11) is 0. The van der Waals surface area contributed by atoms with E-state index in [2.05, 4.69) is 0 Å². The Labute approximate surface area is 80.7 Å². The Kier molecular flexibility index (Phi) is 2.10. The first kappa shape index (κ1) is 9.31. The van der Waals surface area contributed by atoms with Gasteiger partial charge in [0.1, 0.15) is 0 Å². The van der Waals surface area contributed by atoms with Crippen LogP contribution in [0.1, 0.15) is 35.2 Å². The van der Waals surface area contributed by atoms with Crippen molar-refractivity contribution in [2.24, 2.45) is 0 Å². The fraction of sp³-hybridized carbons (Fsp3) is 0.364. The van der Waals surface area contributed by atoms with Gasteiger partial charge in [-0.2, -0.15) is 0 Å². The predicted molar refractivity (Wildman–Crippen MR) is 48.5 cm³/mol. The first-order chi connectivity index (χ1) is 6.61. The van der Waals surface area contributed by atoms with Gasteiger partial charge in [-0.05, 0) is 6.42 Å². The molecular formula is C11H10F2O. The number of ketones is 1. The van der Waals surface area contributed by atoms with Gasteiger partial charge in [-0.3, -0.25) is 4.79 Å². The van der Waals surface area contributed by atoms with Crippen LogP contribution in [0, 0.1) is 0 Å². The molecule has 0 saturated carbocycles. The lowest BCUT2D eigenvalue weighted by Crippen LogP contribution is -2.14. The Hall–Kier alpha value is -1.25. The normalized spacial score (nSPS) is 20.0. The lowest BCUT2D eigenvalue weighted by atomic mass is 10.00. The van der Waals surface area contributed by atoms with E-state index in [4.69, 9.17) is 0 Å². The summed E-state index contributed by atoms with van der Waals surface area (Å²) in [6, 6.07) is 6.00. The quantitative estimate of drug-likeness (QED) is 0.582. The molecule has 1 aliphatic rings. The second-order valence-corrected chi connectivity index (χ2v) is 3.53. The average Bonchev–Trinajstić information content (AvgIpc) is 2.27. The molecular weight excluding hydrogens is 186 g/mol. The Morgan fingerprint density at radius 2 is 1.93 bits per heavy atom. The number of hydrogen-bond donors (Lipinski definition) is 0. The minimum Gasteiger partial charge on any atom is -0.294 e. The Morgan fingerprint density at radius 3 is 2.71 bits per heavy atom. The molecule has 0 heterocycles. The Morgan fingerprint density at radius 1 is 1.21 bits per heavy atom. The van der Waals surface area contributed by atoms with Gasteiger partial charge in [0.15, 0.2) is 5.78 Å². The minimum atomic E-state index is -2.84. The summed E-state index contributed by atoms with van der Waals surface area (Å²) in [5.74, 6) is -3.01. The van der Waals surface area contributed by atoms with Gasteiger partial charge in [-0.15, -0.1) is 0 Å². The SMILES string of the molecule is O=C1CCCC(F)(F)c2ccccc21. The van der Waals surface area contributed by atoms with Crippen molar-refractivity contribution in [1.29, 1.82) is 0 Å². The van der Waals surface area contributed by atoms with Gasteiger partial charge in [0, 0.05) is 24.0 Å². The van der Waals surface area contributed by atoms with E-state index < -0.39 is 5.92 Å². The van der Waals surface area contributed by atoms with Crippen molar-refractivity contribution in [3.63, 3.8) is 0 Å². The largest absolute Gasteiger partial charge is 0.294 e. The molecule has 0 unspecified atom stereocenters. The molecule has 1 aromatic carbocycles. The van der Waals surface area contributed by atoms with E-state index in [0.717, 1.165) is 0 Å². The van der Waals surface area contributed by atoms with Gasteiger partial charge in [0.05, 0.1) is 0 Å². The van der Waals surface area contributed by atoms with E-state index in [1.54, 1.807) is 12.1 Å². The molecule has 74 valence electrons. The Balaban J connectivity index is 2.59. The number of fused-ring (bicyclic) bond motifs is 1. The van der Waals surface area contributed by atoms with Crippen LogP contribution in [0.3, 0.4) is 0 Å². The van der Waals surface area contributed by atoms with E-state index in [1.807, 2.05) is 0 Å². The van der Waals surface area contributed by atoms with Crippen LogP contribution in [-0.2, 0) is 5.92 Å². The van der Waals surface area contributed by atoms with Crippen molar-refractivity contribution >= 4 is 5.78 Å². The van der Waals surface area contributed by atoms with E-state index in [1.165, 1.54) is 12.1 Å². The molecule has 3 heteroatoms. The number of halogens is 2. The molecule has 14 heavy (non-hydrogen) atoms. The maximum atomic E-state index is 13.5. The van der Waals surface area contributed by atoms with Gasteiger partial charge in [-0.1, -0.05) is 24.3 Å². The zero-order chi connectivity index (χ0) is 10.2. The topological polar surface area (TPSA) is 17.1 Å². The van der Waals surface area contributed by atoms with Crippen LogP contribution >= 0.6 is 0 Å². The molecule has 0 saturated heterocycles. The second-order valence-electron chi connectivity index (χ2n) is 3.53. The fourth-order valence-electron chi connectivity index (χ4n) is 1.79. The van der Waals surface area contributed by atoms with Crippen LogP contribution in [0.15, 0.2) is 24.3 Å². The third-order valence-corrected chi connectivity index (χ3v) is 2.52. The predicted octanol–water partition coefficient (Wildman–Crippen LogP) is 3.15. The maximum absolute atomic E-state index is 13.5. The highest BCUT2D eigenvalue weighted by molar-refractivity contribution is 5.98.